The van der Waals surface area contributed by atoms with E-state index in [1.54, 1.807) is 7.11 Å². The van der Waals surface area contributed by atoms with Crippen LogP contribution in [-0.4, -0.2) is 36.1 Å². The largest absolute Gasteiger partial charge is 0.467 e. The van der Waals surface area contributed by atoms with Crippen LogP contribution in [0.3, 0.4) is 0 Å². The van der Waals surface area contributed by atoms with Crippen molar-refractivity contribution in [1.82, 2.24) is 5.06 Å². The maximum absolute atomic E-state index is 10.1. The molecule has 0 fully saturated rings. The monoisotopic (exact) mass is 250 g/mol. The lowest BCUT2D eigenvalue weighted by molar-refractivity contribution is -0.179. The summed E-state index contributed by atoms with van der Waals surface area (Å²) >= 11 is 0. The minimum absolute atomic E-state index is 0.144. The first kappa shape index (κ1) is 12.9. The number of aliphatic imine (C=N–C) groups is 1. The number of rotatable bonds is 2. The highest BCUT2D eigenvalue weighted by molar-refractivity contribution is 5.77. The molecule has 18 heavy (non-hydrogen) atoms. The minimum atomic E-state index is -0.992. The van der Waals surface area contributed by atoms with Crippen LogP contribution in [0, 0.1) is 0 Å². The first-order chi connectivity index (χ1) is 8.49. The van der Waals surface area contributed by atoms with Crippen molar-refractivity contribution in [2.45, 2.75) is 25.1 Å². The van der Waals surface area contributed by atoms with Gasteiger partial charge in [0.15, 0.2) is 0 Å². The second-order valence-corrected chi connectivity index (χ2v) is 4.68. The summed E-state index contributed by atoms with van der Waals surface area (Å²) in [6.45, 7) is 3.69. The molecule has 0 saturated carbocycles. The zero-order valence-electron chi connectivity index (χ0n) is 11.0. The third-order valence-corrected chi connectivity index (χ3v) is 3.44. The van der Waals surface area contributed by atoms with Gasteiger partial charge in [0.05, 0.1) is 7.11 Å². The van der Waals surface area contributed by atoms with E-state index in [2.05, 4.69) is 4.99 Å². The molecule has 0 saturated heterocycles. The van der Waals surface area contributed by atoms with Crippen molar-refractivity contribution in [3.8, 4) is 0 Å². The molecule has 1 aromatic rings. The highest BCUT2D eigenvalue weighted by Crippen LogP contribution is 2.45. The molecule has 1 aliphatic rings. The van der Waals surface area contributed by atoms with Crippen LogP contribution in [0.2, 0.25) is 0 Å². The van der Waals surface area contributed by atoms with Crippen molar-refractivity contribution in [3.63, 3.8) is 0 Å². The summed E-state index contributed by atoms with van der Waals surface area (Å²) in [6, 6.07) is 9.72. The van der Waals surface area contributed by atoms with E-state index in [0.29, 0.717) is 0 Å². The summed E-state index contributed by atoms with van der Waals surface area (Å²) in [4.78, 5) is 4.41. The van der Waals surface area contributed by atoms with Gasteiger partial charge in [-0.2, -0.15) is 10.1 Å². The van der Waals surface area contributed by atoms with Crippen LogP contribution in [0.1, 0.15) is 19.4 Å². The van der Waals surface area contributed by atoms with Gasteiger partial charge < -0.3 is 9.47 Å². The average Bonchev–Trinajstić information content (AvgIpc) is 2.60. The van der Waals surface area contributed by atoms with Crippen molar-refractivity contribution >= 4 is 6.02 Å². The first-order valence-electron chi connectivity index (χ1n) is 5.73. The van der Waals surface area contributed by atoms with Gasteiger partial charge in [-0.25, -0.2) is 0 Å². The van der Waals surface area contributed by atoms with E-state index in [1.165, 1.54) is 7.11 Å². The maximum Gasteiger partial charge on any atom is 0.315 e. The van der Waals surface area contributed by atoms with Gasteiger partial charge in [-0.15, -0.1) is 0 Å². The number of hydroxylamine groups is 2. The molecule has 2 rings (SSSR count). The smallest absolute Gasteiger partial charge is 0.315 e. The van der Waals surface area contributed by atoms with Crippen LogP contribution in [0.25, 0.3) is 0 Å². The minimum Gasteiger partial charge on any atom is -0.467 e. The van der Waals surface area contributed by atoms with E-state index in [4.69, 9.17) is 9.47 Å². The van der Waals surface area contributed by atoms with Gasteiger partial charge in [0.25, 0.3) is 0 Å². The Labute approximate surface area is 107 Å². The van der Waals surface area contributed by atoms with E-state index in [9.17, 15) is 5.21 Å². The van der Waals surface area contributed by atoms with Gasteiger partial charge in [0.2, 0.25) is 5.72 Å². The second kappa shape index (κ2) is 4.26. The van der Waals surface area contributed by atoms with Crippen LogP contribution in [-0.2, 0) is 15.2 Å². The molecular formula is C13H18N2O3. The fourth-order valence-electron chi connectivity index (χ4n) is 2.33. The lowest BCUT2D eigenvalue weighted by atomic mass is 9.85. The van der Waals surface area contributed by atoms with Gasteiger partial charge in [-0.05, 0) is 13.8 Å². The molecule has 1 aliphatic heterocycles. The van der Waals surface area contributed by atoms with Gasteiger partial charge in [0.1, 0.15) is 5.54 Å². The third-order valence-electron chi connectivity index (χ3n) is 3.44. The van der Waals surface area contributed by atoms with Crippen LogP contribution < -0.4 is 0 Å². The van der Waals surface area contributed by atoms with Crippen molar-refractivity contribution in [3.05, 3.63) is 35.9 Å². The molecule has 0 aromatic heterocycles. The zero-order valence-corrected chi connectivity index (χ0v) is 11.0. The topological polar surface area (TPSA) is 54.3 Å². The Hall–Kier alpha value is -1.59. The second-order valence-electron chi connectivity index (χ2n) is 4.68. The Balaban J connectivity index is 2.60. The number of hydrogen-bond acceptors (Lipinski definition) is 5. The van der Waals surface area contributed by atoms with E-state index in [0.717, 1.165) is 10.6 Å². The summed E-state index contributed by atoms with van der Waals surface area (Å²) in [5.74, 6) is 0. The van der Waals surface area contributed by atoms with Crippen LogP contribution in [0.4, 0.5) is 0 Å². The van der Waals surface area contributed by atoms with Crippen molar-refractivity contribution in [1.29, 1.82) is 0 Å². The Morgan fingerprint density at radius 3 is 2.22 bits per heavy atom. The first-order valence-corrected chi connectivity index (χ1v) is 5.73. The predicted molar refractivity (Wildman–Crippen MR) is 67.3 cm³/mol. The summed E-state index contributed by atoms with van der Waals surface area (Å²) in [5, 5.41) is 11.1. The third kappa shape index (κ3) is 1.51. The van der Waals surface area contributed by atoms with E-state index in [-0.39, 0.29) is 6.02 Å². The molecule has 5 heteroatoms. The summed E-state index contributed by atoms with van der Waals surface area (Å²) in [5.41, 5.74) is -0.897. The number of hydrogen-bond donors (Lipinski definition) is 1. The van der Waals surface area contributed by atoms with Crippen LogP contribution in [0.5, 0.6) is 0 Å². The van der Waals surface area contributed by atoms with Crippen molar-refractivity contribution in [2.75, 3.05) is 14.2 Å². The standard InChI is InChI=1S/C13H18N2O3/c1-12(2)13(18-4,10-8-6-5-7-9-10)14-11(17-3)15(12)16/h5-9,16H,1-4H3. The quantitative estimate of drug-likeness (QED) is 0.872. The van der Waals surface area contributed by atoms with Crippen molar-refractivity contribution in [2.24, 2.45) is 4.99 Å². The zero-order chi connectivity index (χ0) is 13.4. The predicted octanol–water partition coefficient (Wildman–Crippen LogP) is 1.97. The van der Waals surface area contributed by atoms with Gasteiger partial charge in [-0.3, -0.25) is 5.21 Å². The number of amidine groups is 1. The highest BCUT2D eigenvalue weighted by Gasteiger charge is 2.58. The molecule has 1 aromatic carbocycles. The molecule has 0 spiro atoms. The summed E-state index contributed by atoms with van der Waals surface area (Å²) < 4.78 is 10.7. The molecule has 1 atom stereocenters. The van der Waals surface area contributed by atoms with E-state index in [1.807, 2.05) is 44.2 Å². The Kier molecular flexibility index (Phi) is 3.04. The normalized spacial score (nSPS) is 26.1. The SMILES string of the molecule is COC1=NC(OC)(c2ccccc2)C(C)(C)N1O. The number of nitrogens with zero attached hydrogens (tertiary/aromatic N) is 2. The van der Waals surface area contributed by atoms with Gasteiger partial charge in [-0.1, -0.05) is 30.3 Å². The highest BCUT2D eigenvalue weighted by atomic mass is 16.6. The molecule has 0 amide bonds. The van der Waals surface area contributed by atoms with E-state index >= 15 is 0 Å². The Morgan fingerprint density at radius 1 is 1.17 bits per heavy atom. The van der Waals surface area contributed by atoms with Gasteiger partial charge in [0, 0.05) is 12.7 Å². The summed E-state index contributed by atoms with van der Waals surface area (Å²) in [6.07, 6.45) is 0. The fraction of sp³-hybridized carbons (Fsp3) is 0.462. The Bertz CT molecular complexity index is 459. The Morgan fingerprint density at radius 2 is 1.78 bits per heavy atom. The molecule has 0 bridgehead atoms. The molecule has 98 valence electrons. The molecular weight excluding hydrogens is 232 g/mol. The molecule has 1 unspecified atom stereocenters. The van der Waals surface area contributed by atoms with Crippen LogP contribution >= 0.6 is 0 Å². The number of methoxy groups -OCH3 is 2. The molecule has 0 radical (unpaired) electrons. The average molecular weight is 250 g/mol. The number of benzene rings is 1. The molecule has 0 aliphatic carbocycles. The molecule has 1 N–H and O–H groups in total. The maximum atomic E-state index is 10.1. The molecule has 5 nitrogen and oxygen atoms in total. The summed E-state index contributed by atoms with van der Waals surface area (Å²) in [7, 11) is 3.04. The molecule has 1 heterocycles. The lowest BCUT2D eigenvalue weighted by Crippen LogP contribution is -2.53. The van der Waals surface area contributed by atoms with Crippen LogP contribution in [0.15, 0.2) is 35.3 Å². The van der Waals surface area contributed by atoms with E-state index < -0.39 is 11.3 Å². The van der Waals surface area contributed by atoms with Crippen molar-refractivity contribution < 1.29 is 14.7 Å². The fourth-order valence-corrected chi connectivity index (χ4v) is 2.33. The van der Waals surface area contributed by atoms with Gasteiger partial charge >= 0.3 is 6.02 Å². The lowest BCUT2D eigenvalue weighted by Gasteiger charge is -2.39. The number of ether oxygens (including phenoxy) is 2.